The van der Waals surface area contributed by atoms with Crippen LogP contribution in [0.5, 0.6) is 0 Å². The van der Waals surface area contributed by atoms with Gasteiger partial charge in [0.15, 0.2) is 0 Å². The van der Waals surface area contributed by atoms with Crippen LogP contribution in [0.2, 0.25) is 0 Å². The summed E-state index contributed by atoms with van der Waals surface area (Å²) in [6.07, 6.45) is 0. The first kappa shape index (κ1) is 17.5. The molecule has 2 rings (SSSR count). The van der Waals surface area contributed by atoms with E-state index >= 15 is 0 Å². The second-order valence-electron chi connectivity index (χ2n) is 5.29. The molecule has 0 bridgehead atoms. The van der Waals surface area contributed by atoms with Crippen molar-refractivity contribution < 1.29 is 18.3 Å². The highest BCUT2D eigenvalue weighted by Crippen LogP contribution is 2.28. The predicted octanol–water partition coefficient (Wildman–Crippen LogP) is 2.54. The van der Waals surface area contributed by atoms with Crippen LogP contribution in [0.15, 0.2) is 39.7 Å². The molecular weight excluding hydrogens is 382 g/mol. The summed E-state index contributed by atoms with van der Waals surface area (Å²) in [5.74, 6) is -1.42. The average Bonchev–Trinajstić information content (AvgIpc) is 2.44. The number of hydrogen-bond acceptors (Lipinski definition) is 4. The smallest absolute Gasteiger partial charge is 0.262 e. The average molecular weight is 397 g/mol. The van der Waals surface area contributed by atoms with Gasteiger partial charge in [-0.1, -0.05) is 6.07 Å². The number of carboxylic acids is 1. The van der Waals surface area contributed by atoms with Crippen molar-refractivity contribution in [3.05, 3.63) is 57.1 Å². The monoisotopic (exact) mass is 396 g/mol. The molecule has 2 aromatic carbocycles. The van der Waals surface area contributed by atoms with Gasteiger partial charge in [0, 0.05) is 4.47 Å². The fourth-order valence-corrected chi connectivity index (χ4v) is 4.27. The van der Waals surface area contributed by atoms with Gasteiger partial charge >= 0.3 is 0 Å². The standard InChI is InChI=1S/C16H16BrNO4S/c1-9-4-5-14(13(17)6-9)18-23(21,22)15-8-12(16(19)20)7-10(2)11(15)3/h4-8,18H,1-3H3,(H,19,20)/p-1. The van der Waals surface area contributed by atoms with Crippen molar-refractivity contribution in [2.75, 3.05) is 4.72 Å². The lowest BCUT2D eigenvalue weighted by atomic mass is 10.1. The van der Waals surface area contributed by atoms with Gasteiger partial charge in [0.2, 0.25) is 0 Å². The molecule has 0 spiro atoms. The van der Waals surface area contributed by atoms with E-state index in [1.165, 1.54) is 6.07 Å². The number of aromatic carboxylic acids is 1. The predicted molar refractivity (Wildman–Crippen MR) is 89.9 cm³/mol. The number of nitrogens with one attached hydrogen (secondary N) is 1. The van der Waals surface area contributed by atoms with Crippen molar-refractivity contribution in [2.45, 2.75) is 25.7 Å². The van der Waals surface area contributed by atoms with Crippen molar-refractivity contribution in [1.82, 2.24) is 0 Å². The SMILES string of the molecule is Cc1ccc(NS(=O)(=O)c2cc(C(=O)[O-])cc(C)c2C)c(Br)c1. The molecule has 0 amide bonds. The van der Waals surface area contributed by atoms with Crippen molar-refractivity contribution in [3.63, 3.8) is 0 Å². The summed E-state index contributed by atoms with van der Waals surface area (Å²) in [6.45, 7) is 5.18. The van der Waals surface area contributed by atoms with Crippen molar-refractivity contribution >= 4 is 37.6 Å². The highest BCUT2D eigenvalue weighted by molar-refractivity contribution is 9.10. The number of carbonyl (C=O) groups excluding carboxylic acids is 1. The number of hydrogen-bond donors (Lipinski definition) is 1. The van der Waals surface area contributed by atoms with Crippen molar-refractivity contribution in [1.29, 1.82) is 0 Å². The molecule has 2 aromatic rings. The van der Waals surface area contributed by atoms with Crippen molar-refractivity contribution in [2.24, 2.45) is 0 Å². The Morgan fingerprint density at radius 1 is 1.13 bits per heavy atom. The minimum atomic E-state index is -3.93. The molecule has 7 heteroatoms. The van der Waals surface area contributed by atoms with E-state index in [0.717, 1.165) is 11.6 Å². The Morgan fingerprint density at radius 3 is 2.35 bits per heavy atom. The molecule has 0 unspecified atom stereocenters. The highest BCUT2D eigenvalue weighted by Gasteiger charge is 2.20. The fraction of sp³-hybridized carbons (Fsp3) is 0.188. The maximum absolute atomic E-state index is 12.6. The number of rotatable bonds is 4. The lowest BCUT2D eigenvalue weighted by Gasteiger charge is -2.15. The lowest BCUT2D eigenvalue weighted by molar-refractivity contribution is -0.255. The zero-order chi connectivity index (χ0) is 17.4. The quantitative estimate of drug-likeness (QED) is 0.859. The number of carboxylic acid groups (broad SMARTS) is 1. The number of aryl methyl sites for hydroxylation is 2. The first-order chi connectivity index (χ1) is 10.6. The van der Waals surface area contributed by atoms with Crippen LogP contribution >= 0.6 is 15.9 Å². The topological polar surface area (TPSA) is 86.3 Å². The lowest BCUT2D eigenvalue weighted by Crippen LogP contribution is -2.24. The van der Waals surface area contributed by atoms with Gasteiger partial charge in [0.25, 0.3) is 10.0 Å². The van der Waals surface area contributed by atoms with Gasteiger partial charge in [-0.25, -0.2) is 8.42 Å². The summed E-state index contributed by atoms with van der Waals surface area (Å²) in [5.41, 5.74) is 2.24. The van der Waals surface area contributed by atoms with E-state index in [9.17, 15) is 18.3 Å². The molecule has 0 aliphatic carbocycles. The third kappa shape index (κ3) is 3.73. The molecule has 0 saturated carbocycles. The molecule has 0 atom stereocenters. The molecule has 0 aromatic heterocycles. The number of halogens is 1. The van der Waals surface area contributed by atoms with E-state index in [-0.39, 0.29) is 10.5 Å². The van der Waals surface area contributed by atoms with E-state index in [0.29, 0.717) is 21.3 Å². The van der Waals surface area contributed by atoms with Crippen LogP contribution in [0.3, 0.4) is 0 Å². The third-order valence-electron chi connectivity index (χ3n) is 3.51. The van der Waals surface area contributed by atoms with Gasteiger partial charge in [-0.3, -0.25) is 4.72 Å². The second-order valence-corrected chi connectivity index (χ2v) is 7.80. The summed E-state index contributed by atoms with van der Waals surface area (Å²) in [4.78, 5) is 11.0. The molecule has 0 heterocycles. The third-order valence-corrected chi connectivity index (χ3v) is 5.66. The summed E-state index contributed by atoms with van der Waals surface area (Å²) in [5, 5.41) is 11.1. The molecule has 1 N–H and O–H groups in total. The largest absolute Gasteiger partial charge is 0.545 e. The van der Waals surface area contributed by atoms with E-state index in [1.54, 1.807) is 32.0 Å². The van der Waals surface area contributed by atoms with Gasteiger partial charge in [0.05, 0.1) is 16.6 Å². The molecule has 23 heavy (non-hydrogen) atoms. The molecule has 0 saturated heterocycles. The summed E-state index contributed by atoms with van der Waals surface area (Å²) in [7, 11) is -3.93. The Morgan fingerprint density at radius 2 is 1.78 bits per heavy atom. The number of anilines is 1. The molecule has 0 aliphatic heterocycles. The van der Waals surface area contributed by atoms with Crippen LogP contribution in [0.1, 0.15) is 27.0 Å². The molecule has 122 valence electrons. The molecular formula is C16H15BrNO4S-. The van der Waals surface area contributed by atoms with E-state index in [1.807, 2.05) is 6.92 Å². The molecule has 0 radical (unpaired) electrons. The minimum absolute atomic E-state index is 0.0795. The summed E-state index contributed by atoms with van der Waals surface area (Å²) >= 11 is 3.31. The minimum Gasteiger partial charge on any atom is -0.545 e. The Bertz CT molecular complexity index is 891. The first-order valence-electron chi connectivity index (χ1n) is 6.73. The Hall–Kier alpha value is -1.86. The zero-order valence-corrected chi connectivity index (χ0v) is 15.2. The van der Waals surface area contributed by atoms with E-state index in [4.69, 9.17) is 0 Å². The van der Waals surface area contributed by atoms with Gasteiger partial charge in [-0.15, -0.1) is 0 Å². The normalized spacial score (nSPS) is 11.3. The van der Waals surface area contributed by atoms with Gasteiger partial charge in [-0.2, -0.15) is 0 Å². The van der Waals surface area contributed by atoms with Gasteiger partial charge in [0.1, 0.15) is 0 Å². The fourth-order valence-electron chi connectivity index (χ4n) is 2.13. The van der Waals surface area contributed by atoms with Gasteiger partial charge < -0.3 is 9.90 Å². The van der Waals surface area contributed by atoms with Crippen LogP contribution in [-0.4, -0.2) is 14.4 Å². The number of carbonyl (C=O) groups is 1. The zero-order valence-electron chi connectivity index (χ0n) is 12.8. The second kappa shape index (κ2) is 6.33. The summed E-state index contributed by atoms with van der Waals surface area (Å²) in [6, 6.07) is 7.71. The Balaban J connectivity index is 2.53. The molecule has 5 nitrogen and oxygen atoms in total. The van der Waals surface area contributed by atoms with E-state index < -0.39 is 16.0 Å². The van der Waals surface area contributed by atoms with Crippen LogP contribution in [0.4, 0.5) is 5.69 Å². The Labute approximate surface area is 143 Å². The Kier molecular flexibility index (Phi) is 4.81. The van der Waals surface area contributed by atoms with Crippen molar-refractivity contribution in [3.8, 4) is 0 Å². The van der Waals surface area contributed by atoms with Crippen LogP contribution in [0.25, 0.3) is 0 Å². The maximum atomic E-state index is 12.6. The maximum Gasteiger partial charge on any atom is 0.262 e. The van der Waals surface area contributed by atoms with Crippen LogP contribution < -0.4 is 9.83 Å². The molecule has 0 fully saturated rings. The van der Waals surface area contributed by atoms with Crippen LogP contribution in [0, 0.1) is 20.8 Å². The summed E-state index contributed by atoms with van der Waals surface area (Å²) < 4.78 is 28.4. The number of benzene rings is 2. The van der Waals surface area contributed by atoms with Gasteiger partial charge in [-0.05, 0) is 83.2 Å². The van der Waals surface area contributed by atoms with Crippen LogP contribution in [-0.2, 0) is 10.0 Å². The molecule has 0 aliphatic rings. The highest BCUT2D eigenvalue weighted by atomic mass is 79.9. The first-order valence-corrected chi connectivity index (χ1v) is 9.01. The van der Waals surface area contributed by atoms with E-state index in [2.05, 4.69) is 20.7 Å². The number of sulfonamides is 1.